The van der Waals surface area contributed by atoms with E-state index in [4.69, 9.17) is 0 Å². The van der Waals surface area contributed by atoms with E-state index in [1.165, 1.54) is 144 Å². The molecule has 0 atom stereocenters. The second-order valence-electron chi connectivity index (χ2n) is 7.86. The molecule has 0 N–H and O–H groups in total. The molecule has 0 aromatic heterocycles. The molecule has 0 amide bonds. The molecule has 0 unspecified atom stereocenters. The predicted molar refractivity (Wildman–Crippen MR) is 135 cm³/mol. The zero-order chi connectivity index (χ0) is 25.1. The smallest absolute Gasteiger partial charge is 0.361 e. The van der Waals surface area contributed by atoms with E-state index in [1.54, 1.807) is 12.1 Å². The fourth-order valence-electron chi connectivity index (χ4n) is 3.06. The fourth-order valence-corrected chi connectivity index (χ4v) is 5.29. The minimum Gasteiger partial charge on any atom is -0.361 e. The van der Waals surface area contributed by atoms with Crippen LogP contribution in [0, 0.1) is 0 Å². The number of benzene rings is 2. The van der Waals surface area contributed by atoms with Gasteiger partial charge in [0.25, 0.3) is 0 Å². The minimum atomic E-state index is -4.83. The Labute approximate surface area is 223 Å². The summed E-state index contributed by atoms with van der Waals surface area (Å²) in [5, 5.41) is 0. The third-order valence-corrected chi connectivity index (χ3v) is 7.59. The second-order valence-corrected chi connectivity index (χ2v) is 11.4. The molecule has 7 nitrogen and oxygen atoms in total. The van der Waals surface area contributed by atoms with Gasteiger partial charge in [0.05, 0.1) is 0 Å². The zero-order valence-electron chi connectivity index (χ0n) is 20.2. The SMILES string of the molecule is CCCCCCCCCCC[CH2][Na].O=S(=O)(Oc1ccccc1)OS(=O)(=O)Oc1ccccc1. The fraction of sp³-hybridized carbons (Fsp3) is 0.500. The zero-order valence-corrected chi connectivity index (χ0v) is 23.9. The topological polar surface area (TPSA) is 96.0 Å². The van der Waals surface area contributed by atoms with Crippen LogP contribution in [0.4, 0.5) is 0 Å². The van der Waals surface area contributed by atoms with Crippen molar-refractivity contribution in [1.29, 1.82) is 0 Å². The van der Waals surface area contributed by atoms with Crippen LogP contribution in [0.25, 0.3) is 0 Å². The van der Waals surface area contributed by atoms with Gasteiger partial charge in [0, 0.05) is 0 Å². The van der Waals surface area contributed by atoms with E-state index in [0.717, 1.165) is 0 Å². The van der Waals surface area contributed by atoms with Gasteiger partial charge in [-0.25, -0.2) is 0 Å². The molecular weight excluding hydrogens is 487 g/mol. The maximum Gasteiger partial charge on any atom is 0.466 e. The van der Waals surface area contributed by atoms with E-state index >= 15 is 0 Å². The van der Waals surface area contributed by atoms with Crippen LogP contribution in [0.15, 0.2) is 60.7 Å². The molecule has 2 aromatic rings. The molecule has 0 fully saturated rings. The summed E-state index contributed by atoms with van der Waals surface area (Å²) in [6, 6.07) is 14.6. The van der Waals surface area contributed by atoms with Crippen molar-refractivity contribution >= 4 is 48.7 Å². The predicted octanol–water partition coefficient (Wildman–Crippen LogP) is 6.14. The van der Waals surface area contributed by atoms with Gasteiger partial charge in [0.2, 0.25) is 0 Å². The molecule has 2 rings (SSSR count). The normalized spacial score (nSPS) is 11.4. The molecule has 0 heterocycles. The van der Waals surface area contributed by atoms with Gasteiger partial charge in [-0.1, -0.05) is 40.0 Å². The Morgan fingerprint density at radius 3 is 1.29 bits per heavy atom. The van der Waals surface area contributed by atoms with Crippen molar-refractivity contribution in [1.82, 2.24) is 0 Å². The molecule has 0 aliphatic carbocycles. The summed E-state index contributed by atoms with van der Waals surface area (Å²) >= 11 is 1.41. The van der Waals surface area contributed by atoms with Crippen molar-refractivity contribution in [3.05, 3.63) is 60.7 Å². The first-order valence-electron chi connectivity index (χ1n) is 12.0. The van der Waals surface area contributed by atoms with Gasteiger partial charge in [0.15, 0.2) is 0 Å². The average molecular weight is 523 g/mol. The molecule has 0 saturated heterocycles. The van der Waals surface area contributed by atoms with Crippen LogP contribution >= 0.6 is 0 Å². The van der Waals surface area contributed by atoms with Crippen molar-refractivity contribution in [2.75, 3.05) is 0 Å². The van der Waals surface area contributed by atoms with Crippen molar-refractivity contribution in [2.24, 2.45) is 0 Å². The van der Waals surface area contributed by atoms with E-state index in [1.807, 2.05) is 0 Å². The molecule has 0 aliphatic heterocycles. The first kappa shape index (κ1) is 30.9. The van der Waals surface area contributed by atoms with E-state index in [0.29, 0.717) is 0 Å². The minimum absolute atomic E-state index is 0.0904. The quantitative estimate of drug-likeness (QED) is 0.193. The van der Waals surface area contributed by atoms with Crippen molar-refractivity contribution in [3.63, 3.8) is 0 Å². The summed E-state index contributed by atoms with van der Waals surface area (Å²) in [5.41, 5.74) is 0. The van der Waals surface area contributed by atoms with Crippen molar-refractivity contribution < 1.29 is 28.8 Å². The first-order valence-corrected chi connectivity index (χ1v) is 16.1. The van der Waals surface area contributed by atoms with Crippen LogP contribution in [0.2, 0.25) is 3.67 Å². The summed E-state index contributed by atoms with van der Waals surface area (Å²) < 4.78 is 60.4. The third kappa shape index (κ3) is 16.5. The van der Waals surface area contributed by atoms with E-state index in [9.17, 15) is 16.8 Å². The van der Waals surface area contributed by atoms with Crippen molar-refractivity contribution in [3.8, 4) is 11.5 Å². The molecule has 34 heavy (non-hydrogen) atoms. The molecule has 10 heteroatoms. The van der Waals surface area contributed by atoms with Crippen LogP contribution in [-0.4, -0.2) is 44.8 Å². The van der Waals surface area contributed by atoms with Crippen LogP contribution in [-0.2, 0) is 24.4 Å². The summed E-state index contributed by atoms with van der Waals surface area (Å²) in [4.78, 5) is 0. The van der Waals surface area contributed by atoms with Crippen LogP contribution in [0.3, 0.4) is 0 Å². The largest absolute Gasteiger partial charge is 0.466 e. The van der Waals surface area contributed by atoms with Crippen LogP contribution < -0.4 is 8.37 Å². The van der Waals surface area contributed by atoms with Gasteiger partial charge < -0.3 is 8.37 Å². The van der Waals surface area contributed by atoms with Gasteiger partial charge in [0.1, 0.15) is 11.5 Å². The van der Waals surface area contributed by atoms with Gasteiger partial charge in [-0.05, 0) is 24.3 Å². The summed E-state index contributed by atoms with van der Waals surface area (Å²) in [5.74, 6) is -0.181. The van der Waals surface area contributed by atoms with E-state index in [-0.39, 0.29) is 11.5 Å². The molecule has 186 valence electrons. The molecule has 0 aliphatic rings. The van der Waals surface area contributed by atoms with Gasteiger partial charge in [-0.2, -0.15) is 16.8 Å². The standard InChI is InChI=1S/C12H10O7S2.C12H25.Na/c13-20(14,17-11-7-3-1-4-8-11)19-21(15,16)18-12-9-5-2-6-10-12;1-3-5-7-9-11-12-10-8-6-4-2;/h1-10H;1,3-12H2,2H3;. The number of hydrogen-bond donors (Lipinski definition) is 0. The Morgan fingerprint density at radius 2 is 0.941 bits per heavy atom. The summed E-state index contributed by atoms with van der Waals surface area (Å²) in [6.07, 6.45) is 14.7. The molecule has 2 aromatic carbocycles. The van der Waals surface area contributed by atoms with Crippen LogP contribution in [0.5, 0.6) is 11.5 Å². The van der Waals surface area contributed by atoms with Crippen molar-refractivity contribution in [2.45, 2.75) is 74.8 Å². The number of unbranched alkanes of at least 4 members (excludes halogenated alkanes) is 9. The molecule has 0 spiro atoms. The molecule has 0 bridgehead atoms. The van der Waals surface area contributed by atoms with Gasteiger partial charge >= 0.3 is 124 Å². The second kappa shape index (κ2) is 18.2. The van der Waals surface area contributed by atoms with Gasteiger partial charge in [-0.3, -0.25) is 0 Å². The monoisotopic (exact) mass is 522 g/mol. The Bertz CT molecular complexity index is 887. The molecular formula is C24H35NaO7S2. The van der Waals surface area contributed by atoms with Crippen LogP contribution in [0.1, 0.15) is 71.1 Å². The molecule has 0 saturated carbocycles. The Kier molecular flexibility index (Phi) is 16.6. The number of rotatable bonds is 16. The maximum atomic E-state index is 11.5. The summed E-state index contributed by atoms with van der Waals surface area (Å²) in [6.45, 7) is 2.29. The molecule has 0 radical (unpaired) electrons. The van der Waals surface area contributed by atoms with E-state index in [2.05, 4.69) is 18.9 Å². The Hall–Kier alpha value is -1.10. The first-order chi connectivity index (χ1) is 16.3. The average Bonchev–Trinajstić information content (AvgIpc) is 2.78. The Morgan fingerprint density at radius 1 is 0.588 bits per heavy atom. The van der Waals surface area contributed by atoms with E-state index < -0.39 is 20.8 Å². The number of hydrogen-bond acceptors (Lipinski definition) is 7. The maximum absolute atomic E-state index is 11.5. The summed E-state index contributed by atoms with van der Waals surface area (Å²) in [7, 11) is -9.65. The Balaban J connectivity index is 0.000000385. The third-order valence-electron chi connectivity index (χ3n) is 4.76. The number of para-hydroxylation sites is 2. The van der Waals surface area contributed by atoms with Gasteiger partial charge in [-0.15, -0.1) is 0 Å².